The lowest BCUT2D eigenvalue weighted by molar-refractivity contribution is 0.479. The minimum absolute atomic E-state index is 0.0192. The molecule has 0 atom stereocenters. The van der Waals surface area contributed by atoms with Crippen molar-refractivity contribution < 1.29 is 4.74 Å². The molecule has 3 heterocycles. The third kappa shape index (κ3) is 8.33. The number of ether oxygens (including phenoxy) is 1. The van der Waals surface area contributed by atoms with Crippen LogP contribution in [-0.4, -0.2) is 16.2 Å². The summed E-state index contributed by atoms with van der Waals surface area (Å²) < 4.78 is 9.35. The molecule has 5 nitrogen and oxygen atoms in total. The molecule has 0 unspecified atom stereocenters. The van der Waals surface area contributed by atoms with Gasteiger partial charge in [0.1, 0.15) is 24.0 Å². The zero-order valence-corrected chi connectivity index (χ0v) is 41.6. The van der Waals surface area contributed by atoms with Gasteiger partial charge in [-0.2, -0.15) is 0 Å². The largest absolute Gasteiger partial charge is 0.457 e. The molecule has 1 aliphatic rings. The molecule has 68 heavy (non-hydrogen) atoms. The predicted molar refractivity (Wildman–Crippen MR) is 287 cm³/mol. The molecule has 0 bridgehead atoms. The maximum atomic E-state index is 7.07. The van der Waals surface area contributed by atoms with Crippen molar-refractivity contribution in [1.82, 2.24) is 9.55 Å². The quantitative estimate of drug-likeness (QED) is 0.152. The Bertz CT molecular complexity index is 3320. The summed E-state index contributed by atoms with van der Waals surface area (Å²) in [4.78, 5) is 9.92. The standard InChI is InChI=1S/C63H64N4O/c1-60(2,3)45-30-31-64-59(38-45)67-55-25-19-18-24-53(55)54-28-27-51(40-57(54)67)68-52-36-48(62(7,8)9)35-50(39-52)66-41-65(49-33-43(42-20-14-12-15-21-42)32-47(34-49)61(4,5)6)56-29-26-46(37-58(56)66)63(10,11)44-22-16-13-17-23-44/h12-40H,41H2,1-11H3. The van der Waals surface area contributed by atoms with Gasteiger partial charge in [-0.15, -0.1) is 0 Å². The summed E-state index contributed by atoms with van der Waals surface area (Å²) >= 11 is 0. The van der Waals surface area contributed by atoms with Crippen LogP contribution in [0.4, 0.5) is 22.7 Å². The summed E-state index contributed by atoms with van der Waals surface area (Å²) in [5.74, 6) is 2.46. The molecule has 7 aromatic carbocycles. The summed E-state index contributed by atoms with van der Waals surface area (Å²) in [5.41, 5.74) is 15.0. The number of nitrogens with zero attached hydrogens (tertiary/aromatic N) is 4. The van der Waals surface area contributed by atoms with Gasteiger partial charge in [0.2, 0.25) is 0 Å². The summed E-state index contributed by atoms with van der Waals surface area (Å²) in [6.45, 7) is 25.8. The van der Waals surface area contributed by atoms with Gasteiger partial charge < -0.3 is 14.5 Å². The van der Waals surface area contributed by atoms with Crippen molar-refractivity contribution in [2.75, 3.05) is 16.5 Å². The number of rotatable bonds is 8. The molecular weight excluding hydrogens is 829 g/mol. The second kappa shape index (κ2) is 16.6. The van der Waals surface area contributed by atoms with Gasteiger partial charge in [-0.25, -0.2) is 4.98 Å². The first-order chi connectivity index (χ1) is 32.3. The second-order valence-electron chi connectivity index (χ2n) is 22.3. The van der Waals surface area contributed by atoms with Crippen LogP contribution in [0.25, 0.3) is 38.8 Å². The first-order valence-electron chi connectivity index (χ1n) is 24.1. The summed E-state index contributed by atoms with van der Waals surface area (Å²) in [6, 6.07) is 62.1. The van der Waals surface area contributed by atoms with Crippen molar-refractivity contribution in [1.29, 1.82) is 0 Å². The molecule has 10 rings (SSSR count). The smallest absolute Gasteiger partial charge is 0.137 e. The van der Waals surface area contributed by atoms with Crippen molar-refractivity contribution in [2.45, 2.75) is 97.8 Å². The normalized spacial score (nSPS) is 13.4. The predicted octanol–water partition coefficient (Wildman–Crippen LogP) is 17.1. The van der Waals surface area contributed by atoms with E-state index < -0.39 is 0 Å². The zero-order chi connectivity index (χ0) is 47.8. The highest BCUT2D eigenvalue weighted by molar-refractivity contribution is 6.09. The van der Waals surface area contributed by atoms with Crippen molar-refractivity contribution in [2.24, 2.45) is 0 Å². The van der Waals surface area contributed by atoms with Crippen molar-refractivity contribution in [3.8, 4) is 28.4 Å². The first kappa shape index (κ1) is 44.7. The molecular formula is C63H64N4O. The third-order valence-electron chi connectivity index (χ3n) is 14.1. The van der Waals surface area contributed by atoms with Crippen molar-refractivity contribution in [3.63, 3.8) is 0 Å². The third-order valence-corrected chi connectivity index (χ3v) is 14.1. The van der Waals surface area contributed by atoms with Crippen LogP contribution in [-0.2, 0) is 21.7 Å². The van der Waals surface area contributed by atoms with Crippen LogP contribution in [0.5, 0.6) is 11.5 Å². The van der Waals surface area contributed by atoms with Crippen LogP contribution < -0.4 is 14.5 Å². The number of benzene rings is 7. The molecule has 0 fully saturated rings. The van der Waals surface area contributed by atoms with Crippen molar-refractivity contribution >= 4 is 44.6 Å². The van der Waals surface area contributed by atoms with E-state index in [1.807, 2.05) is 6.20 Å². The molecule has 1 aliphatic heterocycles. The van der Waals surface area contributed by atoms with E-state index in [0.29, 0.717) is 6.67 Å². The van der Waals surface area contributed by atoms with Gasteiger partial charge in [-0.05, 0) is 122 Å². The monoisotopic (exact) mass is 893 g/mol. The van der Waals surface area contributed by atoms with Crippen LogP contribution in [0.2, 0.25) is 0 Å². The second-order valence-corrected chi connectivity index (χ2v) is 22.3. The molecule has 0 aliphatic carbocycles. The fraction of sp³-hybridized carbons (Fsp3) is 0.254. The molecule has 0 spiro atoms. The van der Waals surface area contributed by atoms with E-state index in [9.17, 15) is 0 Å². The van der Waals surface area contributed by atoms with Gasteiger partial charge in [0, 0.05) is 45.9 Å². The summed E-state index contributed by atoms with van der Waals surface area (Å²) in [7, 11) is 0. The zero-order valence-electron chi connectivity index (χ0n) is 41.6. The van der Waals surface area contributed by atoms with Gasteiger partial charge >= 0.3 is 0 Å². The maximum Gasteiger partial charge on any atom is 0.137 e. The van der Waals surface area contributed by atoms with Gasteiger partial charge in [-0.3, -0.25) is 4.57 Å². The van der Waals surface area contributed by atoms with E-state index in [1.54, 1.807) is 0 Å². The topological polar surface area (TPSA) is 33.5 Å². The Balaban J connectivity index is 1.11. The number of anilines is 4. The SMILES string of the molecule is CC(C)(C)c1cc(Oc2ccc3c4ccccc4n(-c4cc(C(C)(C)C)ccn4)c3c2)cc(N2CN(c3cc(-c4ccccc4)cc(C(C)(C)C)c3)c3ccc(C(C)(C)c4ccccc4)cc32)c1. The number of pyridine rings is 1. The minimum Gasteiger partial charge on any atom is -0.457 e. The van der Waals surface area contributed by atoms with E-state index >= 15 is 0 Å². The lowest BCUT2D eigenvalue weighted by atomic mass is 9.78. The Morgan fingerprint density at radius 2 is 1.03 bits per heavy atom. The first-order valence-corrected chi connectivity index (χ1v) is 24.1. The number of fused-ring (bicyclic) bond motifs is 4. The summed E-state index contributed by atoms with van der Waals surface area (Å²) in [6.07, 6.45) is 1.93. The Morgan fingerprint density at radius 1 is 0.412 bits per heavy atom. The van der Waals surface area contributed by atoms with Crippen LogP contribution in [0.15, 0.2) is 176 Å². The van der Waals surface area contributed by atoms with E-state index in [1.165, 1.54) is 61.4 Å². The van der Waals surface area contributed by atoms with Crippen LogP contribution in [0.1, 0.15) is 104 Å². The number of hydrogen-bond acceptors (Lipinski definition) is 4. The lowest BCUT2D eigenvalue weighted by Gasteiger charge is -2.28. The van der Waals surface area contributed by atoms with Gasteiger partial charge in [0.15, 0.2) is 0 Å². The Labute approximate surface area is 403 Å². The average Bonchev–Trinajstić information content (AvgIpc) is 3.87. The molecule has 342 valence electrons. The lowest BCUT2D eigenvalue weighted by Crippen LogP contribution is -2.25. The van der Waals surface area contributed by atoms with Crippen LogP contribution in [0, 0.1) is 0 Å². The highest BCUT2D eigenvalue weighted by Crippen LogP contribution is 2.49. The van der Waals surface area contributed by atoms with Crippen LogP contribution >= 0.6 is 0 Å². The van der Waals surface area contributed by atoms with E-state index in [4.69, 9.17) is 9.72 Å². The van der Waals surface area contributed by atoms with Gasteiger partial charge in [0.25, 0.3) is 0 Å². The fourth-order valence-corrected chi connectivity index (χ4v) is 9.75. The average molecular weight is 893 g/mol. The molecule has 2 aromatic heterocycles. The van der Waals surface area contributed by atoms with Crippen LogP contribution in [0.3, 0.4) is 0 Å². The van der Waals surface area contributed by atoms with Gasteiger partial charge in [0.05, 0.1) is 22.4 Å². The maximum absolute atomic E-state index is 7.07. The molecule has 0 saturated heterocycles. The Kier molecular flexibility index (Phi) is 10.9. The number of para-hydroxylation sites is 1. The summed E-state index contributed by atoms with van der Waals surface area (Å²) in [5, 5.41) is 2.35. The van der Waals surface area contributed by atoms with Crippen molar-refractivity contribution in [3.05, 3.63) is 204 Å². The molecule has 0 radical (unpaired) electrons. The number of hydrogen-bond donors (Lipinski definition) is 0. The highest BCUT2D eigenvalue weighted by atomic mass is 16.5. The molecule has 0 saturated carbocycles. The molecule has 5 heteroatoms. The number of aromatic nitrogens is 2. The highest BCUT2D eigenvalue weighted by Gasteiger charge is 2.34. The minimum atomic E-state index is -0.228. The Hall–Kier alpha value is -7.11. The Morgan fingerprint density at radius 3 is 1.74 bits per heavy atom. The van der Waals surface area contributed by atoms with E-state index in [-0.39, 0.29) is 21.7 Å². The van der Waals surface area contributed by atoms with E-state index in [2.05, 4.69) is 260 Å². The molecule has 0 N–H and O–H groups in total. The molecule has 0 amide bonds. The van der Waals surface area contributed by atoms with Gasteiger partial charge in [-0.1, -0.05) is 167 Å². The molecule has 9 aromatic rings. The fourth-order valence-electron chi connectivity index (χ4n) is 9.75. The van der Waals surface area contributed by atoms with E-state index in [0.717, 1.165) is 39.4 Å².